The van der Waals surface area contributed by atoms with Gasteiger partial charge < -0.3 is 4.90 Å². The van der Waals surface area contributed by atoms with Crippen molar-refractivity contribution in [3.63, 3.8) is 0 Å². The summed E-state index contributed by atoms with van der Waals surface area (Å²) in [4.78, 5) is 2.39. The summed E-state index contributed by atoms with van der Waals surface area (Å²) in [5.74, 6) is 0. The predicted octanol–water partition coefficient (Wildman–Crippen LogP) is 16.9. The van der Waals surface area contributed by atoms with Crippen molar-refractivity contribution in [3.8, 4) is 44.5 Å². The summed E-state index contributed by atoms with van der Waals surface area (Å²) in [5.41, 5.74) is 17.9. The third-order valence-corrected chi connectivity index (χ3v) is 14.2. The Labute approximate surface area is 372 Å². The first kappa shape index (κ1) is 37.0. The van der Waals surface area contributed by atoms with Crippen molar-refractivity contribution in [3.05, 3.63) is 271 Å². The summed E-state index contributed by atoms with van der Waals surface area (Å²) in [6, 6.07) is 91.3. The Morgan fingerprint density at radius 2 is 0.698 bits per heavy atom. The highest BCUT2D eigenvalue weighted by Gasteiger charge is 2.45. The first-order chi connectivity index (χ1) is 31.2. The molecule has 0 unspecified atom stereocenters. The lowest BCUT2D eigenvalue weighted by Gasteiger charge is -2.34. The minimum absolute atomic E-state index is 0.454. The highest BCUT2D eigenvalue weighted by molar-refractivity contribution is 7.26. The van der Waals surface area contributed by atoms with E-state index in [1.807, 2.05) is 11.3 Å². The highest BCUT2D eigenvalue weighted by Crippen LogP contribution is 2.56. The molecule has 63 heavy (non-hydrogen) atoms. The minimum atomic E-state index is -0.454. The van der Waals surface area contributed by atoms with Gasteiger partial charge in [0.1, 0.15) is 0 Å². The van der Waals surface area contributed by atoms with Crippen LogP contribution in [-0.2, 0) is 5.41 Å². The van der Waals surface area contributed by atoms with Crippen LogP contribution in [0.2, 0.25) is 0 Å². The SMILES string of the molecule is c1ccc(-c2ccc(-c3ccc(N(c4ccc(-c5cccc6c5sc5ccccc56)cc4)c4ccc(C5(c6ccccc6)c6ccccc6-c6ccccc65)cc4)cc3)cc2)cc1. The van der Waals surface area contributed by atoms with Crippen LogP contribution >= 0.6 is 11.3 Å². The second-order valence-electron chi connectivity index (χ2n) is 16.4. The normalized spacial score (nSPS) is 12.6. The predicted molar refractivity (Wildman–Crippen MR) is 268 cm³/mol. The zero-order valence-corrected chi connectivity index (χ0v) is 35.3. The lowest BCUT2D eigenvalue weighted by molar-refractivity contribution is 0.768. The van der Waals surface area contributed by atoms with Crippen LogP contribution in [-0.4, -0.2) is 0 Å². The van der Waals surface area contributed by atoms with Crippen molar-refractivity contribution < 1.29 is 0 Å². The Morgan fingerprint density at radius 3 is 1.30 bits per heavy atom. The molecule has 0 spiro atoms. The molecule has 0 bridgehead atoms. The van der Waals surface area contributed by atoms with Gasteiger partial charge in [-0.25, -0.2) is 0 Å². The third kappa shape index (κ3) is 6.14. The van der Waals surface area contributed by atoms with Gasteiger partial charge in [-0.1, -0.05) is 206 Å². The average Bonchev–Trinajstić information content (AvgIpc) is 3.90. The quantitative estimate of drug-likeness (QED) is 0.148. The van der Waals surface area contributed by atoms with Crippen LogP contribution in [0.25, 0.3) is 64.7 Å². The third-order valence-electron chi connectivity index (χ3n) is 13.0. The maximum atomic E-state index is 2.39. The lowest BCUT2D eigenvalue weighted by Crippen LogP contribution is -2.28. The van der Waals surface area contributed by atoms with Gasteiger partial charge in [-0.3, -0.25) is 0 Å². The van der Waals surface area contributed by atoms with Crippen molar-refractivity contribution in [2.75, 3.05) is 4.90 Å². The van der Waals surface area contributed by atoms with Gasteiger partial charge in [0.05, 0.1) is 5.41 Å². The fraction of sp³-hybridized carbons (Fsp3) is 0.0164. The Bertz CT molecular complexity index is 3360. The highest BCUT2D eigenvalue weighted by atomic mass is 32.1. The van der Waals surface area contributed by atoms with Gasteiger partial charge in [0.25, 0.3) is 0 Å². The number of anilines is 3. The van der Waals surface area contributed by atoms with Crippen LogP contribution in [0.1, 0.15) is 22.3 Å². The van der Waals surface area contributed by atoms with Crippen LogP contribution in [0, 0.1) is 0 Å². The van der Waals surface area contributed by atoms with Crippen LogP contribution in [0.4, 0.5) is 17.1 Å². The van der Waals surface area contributed by atoms with Gasteiger partial charge >= 0.3 is 0 Å². The number of hydrogen-bond acceptors (Lipinski definition) is 2. The Morgan fingerprint density at radius 1 is 0.286 bits per heavy atom. The second-order valence-corrected chi connectivity index (χ2v) is 17.5. The summed E-state index contributed by atoms with van der Waals surface area (Å²) in [5, 5.41) is 2.63. The second kappa shape index (κ2) is 15.3. The number of benzene rings is 10. The van der Waals surface area contributed by atoms with Gasteiger partial charge in [0, 0.05) is 37.2 Å². The van der Waals surface area contributed by atoms with Crippen molar-refractivity contribution in [1.29, 1.82) is 0 Å². The van der Waals surface area contributed by atoms with E-state index in [2.05, 4.69) is 254 Å². The number of hydrogen-bond donors (Lipinski definition) is 0. The van der Waals surface area contributed by atoms with Crippen LogP contribution in [0.15, 0.2) is 249 Å². The summed E-state index contributed by atoms with van der Waals surface area (Å²) in [6.45, 7) is 0. The molecule has 12 rings (SSSR count). The molecule has 0 radical (unpaired) electrons. The minimum Gasteiger partial charge on any atom is -0.311 e. The lowest BCUT2D eigenvalue weighted by atomic mass is 9.68. The number of thiophene rings is 1. The monoisotopic (exact) mass is 819 g/mol. The molecule has 0 N–H and O–H groups in total. The molecule has 0 atom stereocenters. The van der Waals surface area contributed by atoms with E-state index in [1.165, 1.54) is 86.9 Å². The zero-order valence-electron chi connectivity index (χ0n) is 34.5. The molecule has 1 aliphatic rings. The molecule has 11 aromatic rings. The Kier molecular flexibility index (Phi) is 8.98. The fourth-order valence-electron chi connectivity index (χ4n) is 10.1. The molecule has 0 fully saturated rings. The molecular formula is C61H41NS. The Balaban J connectivity index is 0.965. The standard InChI is InChI=1S/C61H41NS/c1-3-14-42(15-4-1)43-26-28-44(29-27-43)45-30-36-49(37-31-45)62(50-38-32-46(33-39-50)52-21-13-22-56-55-20-9-12-25-59(55)63-60(52)56)51-40-34-48(35-41-51)61(47-16-5-2-6-17-47)57-23-10-7-18-53(57)54-19-8-11-24-58(54)61/h1-41H. The van der Waals surface area contributed by atoms with E-state index in [0.29, 0.717) is 0 Å². The molecule has 0 saturated heterocycles. The summed E-state index contributed by atoms with van der Waals surface area (Å²) in [6.07, 6.45) is 0. The van der Waals surface area contributed by atoms with E-state index in [9.17, 15) is 0 Å². The molecule has 10 aromatic carbocycles. The van der Waals surface area contributed by atoms with E-state index in [4.69, 9.17) is 0 Å². The largest absolute Gasteiger partial charge is 0.311 e. The average molecular weight is 820 g/mol. The van der Waals surface area contributed by atoms with E-state index in [-0.39, 0.29) is 0 Å². The van der Waals surface area contributed by atoms with Crippen LogP contribution in [0.3, 0.4) is 0 Å². The molecule has 296 valence electrons. The smallest absolute Gasteiger partial charge is 0.0713 e. The van der Waals surface area contributed by atoms with Gasteiger partial charge in [-0.2, -0.15) is 0 Å². The van der Waals surface area contributed by atoms with Crippen molar-refractivity contribution >= 4 is 48.6 Å². The topological polar surface area (TPSA) is 3.24 Å². The Hall–Kier alpha value is -7.78. The van der Waals surface area contributed by atoms with Crippen LogP contribution in [0.5, 0.6) is 0 Å². The molecule has 1 heterocycles. The maximum Gasteiger partial charge on any atom is 0.0713 e. The number of nitrogens with zero attached hydrogens (tertiary/aromatic N) is 1. The van der Waals surface area contributed by atoms with Crippen molar-refractivity contribution in [1.82, 2.24) is 0 Å². The molecule has 1 aliphatic carbocycles. The van der Waals surface area contributed by atoms with Gasteiger partial charge in [0.2, 0.25) is 0 Å². The van der Waals surface area contributed by atoms with E-state index in [1.54, 1.807) is 0 Å². The molecule has 0 saturated carbocycles. The summed E-state index contributed by atoms with van der Waals surface area (Å²) in [7, 11) is 0. The van der Waals surface area contributed by atoms with Crippen LogP contribution < -0.4 is 4.90 Å². The van der Waals surface area contributed by atoms with Gasteiger partial charge in [-0.15, -0.1) is 11.3 Å². The zero-order chi connectivity index (χ0) is 41.7. The van der Waals surface area contributed by atoms with E-state index >= 15 is 0 Å². The number of fused-ring (bicyclic) bond motifs is 6. The summed E-state index contributed by atoms with van der Waals surface area (Å²) < 4.78 is 2.65. The molecule has 1 aromatic heterocycles. The first-order valence-electron chi connectivity index (χ1n) is 21.7. The van der Waals surface area contributed by atoms with Crippen molar-refractivity contribution in [2.45, 2.75) is 5.41 Å². The number of rotatable bonds is 8. The van der Waals surface area contributed by atoms with E-state index < -0.39 is 5.41 Å². The molecule has 2 heteroatoms. The fourth-order valence-corrected chi connectivity index (χ4v) is 11.3. The first-order valence-corrected chi connectivity index (χ1v) is 22.5. The molecule has 0 aliphatic heterocycles. The van der Waals surface area contributed by atoms with Gasteiger partial charge in [-0.05, 0) is 109 Å². The van der Waals surface area contributed by atoms with Gasteiger partial charge in [0.15, 0.2) is 0 Å². The molecule has 0 amide bonds. The molecular weight excluding hydrogens is 779 g/mol. The summed E-state index contributed by atoms with van der Waals surface area (Å²) >= 11 is 1.88. The molecule has 1 nitrogen and oxygen atoms in total. The van der Waals surface area contributed by atoms with Crippen molar-refractivity contribution in [2.24, 2.45) is 0 Å². The van der Waals surface area contributed by atoms with E-state index in [0.717, 1.165) is 17.1 Å². The maximum absolute atomic E-state index is 2.39.